The van der Waals surface area contributed by atoms with Crippen LogP contribution in [0.3, 0.4) is 0 Å². The summed E-state index contributed by atoms with van der Waals surface area (Å²) in [5.74, 6) is -1.55. The highest BCUT2D eigenvalue weighted by molar-refractivity contribution is 7.17. The number of carbonyl (C=O) groups excluding carboxylic acids is 3. The van der Waals surface area contributed by atoms with Crippen molar-refractivity contribution in [2.75, 3.05) is 33.3 Å². The van der Waals surface area contributed by atoms with Crippen molar-refractivity contribution in [3.8, 4) is 23.0 Å². The molecule has 0 bridgehead atoms. The predicted octanol–water partition coefficient (Wildman–Crippen LogP) is 5.78. The number of aliphatic hydroxyl groups is 1. The summed E-state index contributed by atoms with van der Waals surface area (Å²) in [5.41, 5.74) is 2.89. The Labute approximate surface area is 269 Å². The fourth-order valence-corrected chi connectivity index (χ4v) is 6.22. The van der Waals surface area contributed by atoms with Gasteiger partial charge in [0.1, 0.15) is 23.0 Å². The lowest BCUT2D eigenvalue weighted by molar-refractivity contribution is -0.132. The summed E-state index contributed by atoms with van der Waals surface area (Å²) in [6, 6.07) is 16.5. The summed E-state index contributed by atoms with van der Waals surface area (Å²) < 4.78 is 27.3. The highest BCUT2D eigenvalue weighted by atomic mass is 32.1. The molecular formula is C34H32N2O9S. The number of esters is 1. The largest absolute Gasteiger partial charge is 0.507 e. The second kappa shape index (κ2) is 13.3. The van der Waals surface area contributed by atoms with Crippen molar-refractivity contribution in [1.82, 2.24) is 4.98 Å². The molecule has 238 valence electrons. The number of rotatable bonds is 10. The van der Waals surface area contributed by atoms with Crippen LogP contribution < -0.4 is 23.8 Å². The molecule has 0 aliphatic carbocycles. The highest BCUT2D eigenvalue weighted by Gasteiger charge is 2.49. The molecule has 1 aliphatic heterocycles. The summed E-state index contributed by atoms with van der Waals surface area (Å²) in [7, 11) is 5.57. The summed E-state index contributed by atoms with van der Waals surface area (Å²) in [6.45, 7) is 3.95. The average molecular weight is 645 g/mol. The number of nitrogens with zero attached hydrogens (tertiary/aromatic N) is 2. The van der Waals surface area contributed by atoms with E-state index in [0.29, 0.717) is 29.4 Å². The molecule has 1 fully saturated rings. The topological polar surface area (TPSA) is 134 Å². The van der Waals surface area contributed by atoms with Gasteiger partial charge >= 0.3 is 11.9 Å². The van der Waals surface area contributed by atoms with Gasteiger partial charge in [0, 0.05) is 5.56 Å². The normalized spacial score (nSPS) is 15.5. The first-order valence-corrected chi connectivity index (χ1v) is 14.9. The van der Waals surface area contributed by atoms with E-state index in [0.717, 1.165) is 27.4 Å². The molecule has 1 aliphatic rings. The first-order chi connectivity index (χ1) is 22.1. The molecule has 1 N–H and O–H groups in total. The first kappa shape index (κ1) is 32.0. The number of aromatic nitrogens is 1. The van der Waals surface area contributed by atoms with E-state index < -0.39 is 29.5 Å². The molecular weight excluding hydrogens is 612 g/mol. The van der Waals surface area contributed by atoms with E-state index >= 15 is 0 Å². The van der Waals surface area contributed by atoms with Gasteiger partial charge in [-0.2, -0.15) is 0 Å². The summed E-state index contributed by atoms with van der Waals surface area (Å²) in [5, 5.41) is 11.7. The Morgan fingerprint density at radius 2 is 1.61 bits per heavy atom. The van der Waals surface area contributed by atoms with Crippen LogP contribution in [-0.4, -0.2) is 56.2 Å². The van der Waals surface area contributed by atoms with E-state index in [1.165, 1.54) is 28.4 Å². The van der Waals surface area contributed by atoms with E-state index in [9.17, 15) is 19.5 Å². The smallest absolute Gasteiger partial charge is 0.350 e. The van der Waals surface area contributed by atoms with Gasteiger partial charge in [0.2, 0.25) is 5.75 Å². The standard InChI is InChI=1S/C34H32N2O9S/c1-18-8-7-9-20(14-18)17-45-23-12-10-21(11-13-23)28(37)26-27(22-15-24(41-3)30(43-5)25(16-22)42-4)36(32(39)29(26)38)34-35-19(2)31(46-34)33(40)44-6/h7-16,27,37H,17H2,1-6H3. The van der Waals surface area contributed by atoms with Crippen molar-refractivity contribution >= 4 is 39.9 Å². The maximum absolute atomic E-state index is 13.7. The third-order valence-corrected chi connectivity index (χ3v) is 8.56. The second-order valence-corrected chi connectivity index (χ2v) is 11.3. The lowest BCUT2D eigenvalue weighted by Gasteiger charge is -2.24. The van der Waals surface area contributed by atoms with Gasteiger partial charge in [-0.3, -0.25) is 14.5 Å². The molecule has 1 atom stereocenters. The Kier molecular flexibility index (Phi) is 9.28. The molecule has 0 spiro atoms. The van der Waals surface area contributed by atoms with E-state index in [1.807, 2.05) is 31.2 Å². The maximum atomic E-state index is 13.7. The van der Waals surface area contributed by atoms with Crippen molar-refractivity contribution in [3.05, 3.63) is 99.1 Å². The van der Waals surface area contributed by atoms with Crippen LogP contribution in [0.25, 0.3) is 5.76 Å². The molecule has 0 radical (unpaired) electrons. The van der Waals surface area contributed by atoms with Gasteiger partial charge in [-0.05, 0) is 61.4 Å². The number of methoxy groups -OCH3 is 4. The third-order valence-electron chi connectivity index (χ3n) is 7.43. The van der Waals surface area contributed by atoms with Gasteiger partial charge in [-0.15, -0.1) is 0 Å². The summed E-state index contributed by atoms with van der Waals surface area (Å²) >= 11 is 0.896. The Morgan fingerprint density at radius 1 is 0.935 bits per heavy atom. The molecule has 2 heterocycles. The van der Waals surface area contributed by atoms with Crippen molar-refractivity contribution in [3.63, 3.8) is 0 Å². The quantitative estimate of drug-likeness (QED) is 0.0981. The maximum Gasteiger partial charge on any atom is 0.350 e. The van der Waals surface area contributed by atoms with Gasteiger partial charge in [0.25, 0.3) is 5.78 Å². The zero-order valence-electron chi connectivity index (χ0n) is 26.1. The number of hydrogen-bond donors (Lipinski definition) is 1. The molecule has 5 rings (SSSR count). The zero-order chi connectivity index (χ0) is 33.1. The average Bonchev–Trinajstić information content (AvgIpc) is 3.58. The predicted molar refractivity (Wildman–Crippen MR) is 171 cm³/mol. The number of aryl methyl sites for hydroxylation is 2. The molecule has 1 aromatic heterocycles. The van der Waals surface area contributed by atoms with Crippen LogP contribution in [-0.2, 0) is 20.9 Å². The molecule has 46 heavy (non-hydrogen) atoms. The second-order valence-electron chi connectivity index (χ2n) is 10.3. The summed E-state index contributed by atoms with van der Waals surface area (Å²) in [4.78, 5) is 45.6. The van der Waals surface area contributed by atoms with E-state index in [-0.39, 0.29) is 32.6 Å². The molecule has 11 nitrogen and oxygen atoms in total. The number of hydrogen-bond acceptors (Lipinski definition) is 11. The lowest BCUT2D eigenvalue weighted by Crippen LogP contribution is -2.29. The SMILES string of the molecule is COC(=O)c1sc(N2C(=O)C(=O)C(=C(O)c3ccc(OCc4cccc(C)c4)cc3)C2c2cc(OC)c(OC)c(OC)c2)nc1C. The minimum Gasteiger partial charge on any atom is -0.507 e. The Balaban J connectivity index is 1.61. The number of ether oxygens (including phenoxy) is 5. The van der Waals surface area contributed by atoms with Gasteiger partial charge in [-0.25, -0.2) is 9.78 Å². The van der Waals surface area contributed by atoms with Gasteiger partial charge in [0.05, 0.1) is 45.7 Å². The number of amides is 1. The minimum atomic E-state index is -1.18. The highest BCUT2D eigenvalue weighted by Crippen LogP contribution is 2.48. The molecule has 12 heteroatoms. The Hall–Kier alpha value is -5.36. The van der Waals surface area contributed by atoms with Gasteiger partial charge in [-0.1, -0.05) is 41.2 Å². The van der Waals surface area contributed by atoms with E-state index in [4.69, 9.17) is 23.7 Å². The van der Waals surface area contributed by atoms with E-state index in [2.05, 4.69) is 4.98 Å². The number of Topliss-reactive ketones (excluding diaryl/α,β-unsaturated/α-hetero) is 1. The fraction of sp³-hybridized carbons (Fsp3) is 0.235. The van der Waals surface area contributed by atoms with Crippen LogP contribution in [0, 0.1) is 13.8 Å². The van der Waals surface area contributed by atoms with Crippen LogP contribution in [0.5, 0.6) is 23.0 Å². The molecule has 0 saturated carbocycles. The first-order valence-electron chi connectivity index (χ1n) is 14.1. The van der Waals surface area contributed by atoms with E-state index in [1.54, 1.807) is 43.3 Å². The van der Waals surface area contributed by atoms with Crippen LogP contribution in [0.4, 0.5) is 5.13 Å². The molecule has 1 amide bonds. The number of thiazole rings is 1. The van der Waals surface area contributed by atoms with Crippen molar-refractivity contribution in [2.45, 2.75) is 26.5 Å². The number of aliphatic hydroxyl groups excluding tert-OH is 1. The van der Waals surface area contributed by atoms with Crippen LogP contribution in [0.2, 0.25) is 0 Å². The van der Waals surface area contributed by atoms with Crippen LogP contribution >= 0.6 is 11.3 Å². The van der Waals surface area contributed by atoms with Gasteiger partial charge < -0.3 is 28.8 Å². The van der Waals surface area contributed by atoms with Crippen LogP contribution in [0.1, 0.15) is 43.7 Å². The zero-order valence-corrected chi connectivity index (χ0v) is 26.9. The van der Waals surface area contributed by atoms with Crippen LogP contribution in [0.15, 0.2) is 66.2 Å². The third kappa shape index (κ3) is 5.98. The van der Waals surface area contributed by atoms with Gasteiger partial charge in [0.15, 0.2) is 16.6 Å². The van der Waals surface area contributed by atoms with Crippen molar-refractivity contribution in [1.29, 1.82) is 0 Å². The van der Waals surface area contributed by atoms with Crippen molar-refractivity contribution in [2.24, 2.45) is 0 Å². The summed E-state index contributed by atoms with van der Waals surface area (Å²) in [6.07, 6.45) is 0. The number of anilines is 1. The minimum absolute atomic E-state index is 0.0673. The Bertz CT molecular complexity index is 1820. The molecule has 3 aromatic carbocycles. The number of benzene rings is 3. The van der Waals surface area contributed by atoms with Crippen molar-refractivity contribution < 1.29 is 43.2 Å². The number of ketones is 1. The monoisotopic (exact) mass is 644 g/mol. The molecule has 4 aromatic rings. The lowest BCUT2D eigenvalue weighted by atomic mass is 9.94. The Morgan fingerprint density at radius 3 is 2.20 bits per heavy atom. The number of carbonyl (C=O) groups is 3. The fourth-order valence-electron chi connectivity index (χ4n) is 5.20. The molecule has 1 unspecified atom stereocenters. The molecule has 1 saturated heterocycles.